The van der Waals surface area contributed by atoms with Crippen LogP contribution in [-0.4, -0.2) is 35.5 Å². The number of piperazine rings is 1. The lowest BCUT2D eigenvalue weighted by atomic mass is 10.2. The molecule has 0 atom stereocenters. The summed E-state index contributed by atoms with van der Waals surface area (Å²) < 4.78 is 0.761. The van der Waals surface area contributed by atoms with Crippen LogP contribution in [0.1, 0.15) is 25.6 Å². The number of hydrogen-bond donors (Lipinski definition) is 1. The molecule has 6 heteroatoms. The molecule has 0 aliphatic carbocycles. The highest BCUT2D eigenvalue weighted by atomic mass is 79.9. The molecule has 0 aromatic carbocycles. The van der Waals surface area contributed by atoms with Crippen LogP contribution in [-0.2, 0) is 4.79 Å². The maximum Gasteiger partial charge on any atom is 0.239 e. The summed E-state index contributed by atoms with van der Waals surface area (Å²) in [4.78, 5) is 22.1. The number of aromatic nitrogens is 2. The van der Waals surface area contributed by atoms with E-state index in [4.69, 9.17) is 0 Å². The first-order valence-electron chi connectivity index (χ1n) is 5.62. The molecule has 1 aliphatic heterocycles. The Balaban J connectivity index is 2.28. The Labute approximate surface area is 109 Å². The molecule has 5 nitrogen and oxygen atoms in total. The van der Waals surface area contributed by atoms with Crippen LogP contribution in [0.2, 0.25) is 0 Å². The Morgan fingerprint density at radius 3 is 2.88 bits per heavy atom. The van der Waals surface area contributed by atoms with Crippen LogP contribution >= 0.6 is 15.9 Å². The van der Waals surface area contributed by atoms with E-state index in [0.717, 1.165) is 22.8 Å². The molecule has 17 heavy (non-hydrogen) atoms. The van der Waals surface area contributed by atoms with Crippen molar-refractivity contribution in [1.29, 1.82) is 0 Å². The third kappa shape index (κ3) is 2.94. The number of hydrogen-bond acceptors (Lipinski definition) is 4. The molecule has 2 heterocycles. The number of nitrogens with zero attached hydrogens (tertiary/aromatic N) is 3. The van der Waals surface area contributed by atoms with E-state index in [0.29, 0.717) is 13.1 Å². The van der Waals surface area contributed by atoms with E-state index < -0.39 is 0 Å². The first kappa shape index (κ1) is 12.3. The molecule has 1 saturated heterocycles. The first-order chi connectivity index (χ1) is 8.06. The lowest BCUT2D eigenvalue weighted by molar-refractivity contribution is -0.120. The predicted octanol–water partition coefficient (Wildman–Crippen LogP) is 1.30. The number of amides is 1. The summed E-state index contributed by atoms with van der Waals surface area (Å²) in [5, 5.41) is 2.80. The van der Waals surface area contributed by atoms with Crippen LogP contribution in [0.15, 0.2) is 10.7 Å². The number of rotatable bonds is 2. The van der Waals surface area contributed by atoms with Gasteiger partial charge in [0.1, 0.15) is 16.2 Å². The highest BCUT2D eigenvalue weighted by Crippen LogP contribution is 2.20. The van der Waals surface area contributed by atoms with Gasteiger partial charge < -0.3 is 10.2 Å². The Morgan fingerprint density at radius 2 is 2.24 bits per heavy atom. The van der Waals surface area contributed by atoms with E-state index >= 15 is 0 Å². The fourth-order valence-electron chi connectivity index (χ4n) is 1.68. The topological polar surface area (TPSA) is 58.1 Å². The van der Waals surface area contributed by atoms with Crippen LogP contribution in [0.3, 0.4) is 0 Å². The molecule has 0 unspecified atom stereocenters. The molecule has 0 radical (unpaired) electrons. The fourth-order valence-corrected chi connectivity index (χ4v) is 2.06. The number of carbonyl (C=O) groups excluding carboxylic acids is 1. The maximum absolute atomic E-state index is 11.3. The van der Waals surface area contributed by atoms with Crippen LogP contribution in [0.4, 0.5) is 5.82 Å². The van der Waals surface area contributed by atoms with E-state index in [1.54, 1.807) is 0 Å². The van der Waals surface area contributed by atoms with Gasteiger partial charge in [0.15, 0.2) is 0 Å². The van der Waals surface area contributed by atoms with E-state index in [1.165, 1.54) is 0 Å². The molecule has 92 valence electrons. The minimum atomic E-state index is 0.0390. The quantitative estimate of drug-likeness (QED) is 0.836. The second kappa shape index (κ2) is 5.00. The minimum absolute atomic E-state index is 0.0390. The zero-order valence-electron chi connectivity index (χ0n) is 9.90. The van der Waals surface area contributed by atoms with Crippen LogP contribution < -0.4 is 10.2 Å². The van der Waals surface area contributed by atoms with Gasteiger partial charge in [-0.05, 0) is 15.9 Å². The van der Waals surface area contributed by atoms with Crippen molar-refractivity contribution in [2.45, 2.75) is 19.8 Å². The van der Waals surface area contributed by atoms with Gasteiger partial charge in [0.05, 0.1) is 6.54 Å². The highest BCUT2D eigenvalue weighted by Gasteiger charge is 2.19. The lowest BCUT2D eigenvalue weighted by Gasteiger charge is -2.28. The third-order valence-electron chi connectivity index (χ3n) is 2.58. The number of anilines is 1. The van der Waals surface area contributed by atoms with Crippen molar-refractivity contribution in [2.75, 3.05) is 24.5 Å². The molecule has 1 aromatic heterocycles. The van der Waals surface area contributed by atoms with Crippen LogP contribution in [0.5, 0.6) is 0 Å². The van der Waals surface area contributed by atoms with Gasteiger partial charge in [-0.3, -0.25) is 4.79 Å². The standard InChI is InChI=1S/C11H15BrN4O/c1-7(2)11-14-8(12)5-9(15-11)16-4-3-13-10(17)6-16/h5,7H,3-4,6H2,1-2H3,(H,13,17). The first-order valence-corrected chi connectivity index (χ1v) is 6.41. The average molecular weight is 299 g/mol. The second-order valence-corrected chi connectivity index (χ2v) is 5.15. The van der Waals surface area contributed by atoms with Crippen molar-refractivity contribution in [3.05, 3.63) is 16.5 Å². The summed E-state index contributed by atoms with van der Waals surface area (Å²) in [6, 6.07) is 1.85. The summed E-state index contributed by atoms with van der Waals surface area (Å²) in [6.07, 6.45) is 0. The van der Waals surface area contributed by atoms with E-state index in [9.17, 15) is 4.79 Å². The fraction of sp³-hybridized carbons (Fsp3) is 0.545. The van der Waals surface area contributed by atoms with Crippen molar-refractivity contribution < 1.29 is 4.79 Å². The molecular weight excluding hydrogens is 284 g/mol. The van der Waals surface area contributed by atoms with Crippen molar-refractivity contribution in [3.8, 4) is 0 Å². The van der Waals surface area contributed by atoms with E-state index in [1.807, 2.05) is 11.0 Å². The molecule has 1 fully saturated rings. The Bertz CT molecular complexity index is 435. The van der Waals surface area contributed by atoms with Gasteiger partial charge in [0.2, 0.25) is 5.91 Å². The number of carbonyl (C=O) groups is 1. The molecule has 0 saturated carbocycles. The molecule has 1 N–H and O–H groups in total. The summed E-state index contributed by atoms with van der Waals surface area (Å²) >= 11 is 3.38. The molecule has 0 bridgehead atoms. The van der Waals surface area contributed by atoms with Gasteiger partial charge in [-0.2, -0.15) is 0 Å². The normalized spacial score (nSPS) is 16.2. The monoisotopic (exact) mass is 298 g/mol. The molecule has 1 amide bonds. The summed E-state index contributed by atoms with van der Waals surface area (Å²) in [5.41, 5.74) is 0. The van der Waals surface area contributed by atoms with Crippen LogP contribution in [0, 0.1) is 0 Å². The Kier molecular flexibility index (Phi) is 3.61. The summed E-state index contributed by atoms with van der Waals surface area (Å²) in [6.45, 7) is 5.91. The van der Waals surface area contributed by atoms with E-state index in [2.05, 4.69) is 45.1 Å². The van der Waals surface area contributed by atoms with Gasteiger partial charge in [-0.25, -0.2) is 9.97 Å². The van der Waals surface area contributed by atoms with Crippen molar-refractivity contribution >= 4 is 27.7 Å². The Morgan fingerprint density at radius 1 is 1.47 bits per heavy atom. The van der Waals surface area contributed by atoms with Crippen molar-refractivity contribution in [3.63, 3.8) is 0 Å². The van der Waals surface area contributed by atoms with Crippen molar-refractivity contribution in [1.82, 2.24) is 15.3 Å². The van der Waals surface area contributed by atoms with Gasteiger partial charge in [-0.1, -0.05) is 13.8 Å². The Hall–Kier alpha value is -1.17. The van der Waals surface area contributed by atoms with Gasteiger partial charge in [-0.15, -0.1) is 0 Å². The smallest absolute Gasteiger partial charge is 0.239 e. The molecule has 2 rings (SSSR count). The zero-order valence-corrected chi connectivity index (χ0v) is 11.5. The average Bonchev–Trinajstić information content (AvgIpc) is 2.28. The maximum atomic E-state index is 11.3. The lowest BCUT2D eigenvalue weighted by Crippen LogP contribution is -2.48. The number of halogens is 1. The summed E-state index contributed by atoms with van der Waals surface area (Å²) in [7, 11) is 0. The highest BCUT2D eigenvalue weighted by molar-refractivity contribution is 9.10. The van der Waals surface area contributed by atoms with E-state index in [-0.39, 0.29) is 11.8 Å². The largest absolute Gasteiger partial charge is 0.353 e. The van der Waals surface area contributed by atoms with Gasteiger partial charge in [0, 0.05) is 25.1 Å². The molecule has 0 spiro atoms. The number of nitrogens with one attached hydrogen (secondary N) is 1. The molecule has 1 aliphatic rings. The SMILES string of the molecule is CC(C)c1nc(Br)cc(N2CCNC(=O)C2)n1. The molecular formula is C11H15BrN4O. The predicted molar refractivity (Wildman–Crippen MR) is 69.0 cm³/mol. The van der Waals surface area contributed by atoms with Gasteiger partial charge in [0.25, 0.3) is 0 Å². The summed E-state index contributed by atoms with van der Waals surface area (Å²) in [5.74, 6) is 1.91. The molecule has 1 aromatic rings. The third-order valence-corrected chi connectivity index (χ3v) is 2.98. The minimum Gasteiger partial charge on any atom is -0.353 e. The zero-order chi connectivity index (χ0) is 12.4. The second-order valence-electron chi connectivity index (χ2n) is 4.33. The van der Waals surface area contributed by atoms with Crippen LogP contribution in [0.25, 0.3) is 0 Å². The van der Waals surface area contributed by atoms with Gasteiger partial charge >= 0.3 is 0 Å². The van der Waals surface area contributed by atoms with Crippen molar-refractivity contribution in [2.24, 2.45) is 0 Å².